The summed E-state index contributed by atoms with van der Waals surface area (Å²) in [7, 11) is 1.52. The zero-order valence-electron chi connectivity index (χ0n) is 10.6. The van der Waals surface area contributed by atoms with Crippen molar-refractivity contribution in [2.45, 2.75) is 0 Å². The average Bonchev–Trinajstić information content (AvgIpc) is 2.93. The van der Waals surface area contributed by atoms with Crippen LogP contribution < -0.4 is 0 Å². The topological polar surface area (TPSA) is 53.2 Å². The molecule has 2 aromatic rings. The summed E-state index contributed by atoms with van der Waals surface area (Å²) in [4.78, 5) is 29.1. The van der Waals surface area contributed by atoms with Crippen molar-refractivity contribution in [2.75, 3.05) is 13.3 Å². The highest BCUT2D eigenvalue weighted by molar-refractivity contribution is 8.03. The van der Waals surface area contributed by atoms with Gasteiger partial charge in [0.2, 0.25) is 0 Å². The van der Waals surface area contributed by atoms with E-state index in [1.165, 1.54) is 23.7 Å². The van der Waals surface area contributed by atoms with Gasteiger partial charge in [-0.1, -0.05) is 18.2 Å². The molecule has 1 aromatic carbocycles. The van der Waals surface area contributed by atoms with Crippen LogP contribution in [0.5, 0.6) is 0 Å². The maximum absolute atomic E-state index is 12.2. The van der Waals surface area contributed by atoms with Crippen LogP contribution in [0.4, 0.5) is 0 Å². The molecule has 19 heavy (non-hydrogen) atoms. The minimum Gasteiger partial charge on any atom is -0.361 e. The lowest BCUT2D eigenvalue weighted by Crippen LogP contribution is -2.26. The third-order valence-electron chi connectivity index (χ3n) is 3.31. The number of thioether (sulfide) groups is 1. The Labute approximate surface area is 114 Å². The number of nitrogens with one attached hydrogen (secondary N) is 1. The normalized spacial score (nSPS) is 16.0. The van der Waals surface area contributed by atoms with Crippen LogP contribution in [0.2, 0.25) is 0 Å². The summed E-state index contributed by atoms with van der Waals surface area (Å²) in [6.45, 7) is 0. The molecule has 1 aromatic heterocycles. The minimum absolute atomic E-state index is 0.224. The Morgan fingerprint density at radius 1 is 1.16 bits per heavy atom. The molecule has 0 saturated carbocycles. The Balaban J connectivity index is 2.28. The summed E-state index contributed by atoms with van der Waals surface area (Å²) in [5, 5.41) is 0.959. The summed E-state index contributed by atoms with van der Waals surface area (Å²) >= 11 is 1.32. The highest BCUT2D eigenvalue weighted by Crippen LogP contribution is 2.36. The predicted molar refractivity (Wildman–Crippen MR) is 76.5 cm³/mol. The van der Waals surface area contributed by atoms with Gasteiger partial charge in [0.25, 0.3) is 11.8 Å². The summed E-state index contributed by atoms with van der Waals surface area (Å²) < 4.78 is 0. The van der Waals surface area contributed by atoms with E-state index in [4.69, 9.17) is 0 Å². The lowest BCUT2D eigenvalue weighted by molar-refractivity contribution is -0.134. The zero-order chi connectivity index (χ0) is 13.6. The molecule has 0 aliphatic carbocycles. The molecular weight excluding hydrogens is 260 g/mol. The number of fused-ring (bicyclic) bond motifs is 1. The predicted octanol–water partition coefficient (Wildman–Crippen LogP) is 2.24. The van der Waals surface area contributed by atoms with Crippen molar-refractivity contribution in [1.82, 2.24) is 9.88 Å². The van der Waals surface area contributed by atoms with Crippen LogP contribution in [0.15, 0.2) is 35.4 Å². The average molecular weight is 272 g/mol. The van der Waals surface area contributed by atoms with Crippen LogP contribution in [-0.4, -0.2) is 35.0 Å². The van der Waals surface area contributed by atoms with Crippen molar-refractivity contribution in [2.24, 2.45) is 0 Å². The summed E-state index contributed by atoms with van der Waals surface area (Å²) in [5.74, 6) is -0.461. The molecule has 0 atom stereocenters. The second-order valence-corrected chi connectivity index (χ2v) is 5.14. The van der Waals surface area contributed by atoms with Gasteiger partial charge in [0.1, 0.15) is 0 Å². The minimum atomic E-state index is -0.237. The number of aromatic nitrogens is 1. The molecule has 0 radical (unpaired) electrons. The molecule has 1 N–H and O–H groups in total. The van der Waals surface area contributed by atoms with Gasteiger partial charge >= 0.3 is 0 Å². The number of nitrogens with zero attached hydrogens (tertiary/aromatic N) is 1. The molecule has 2 amide bonds. The number of rotatable bonds is 2. The highest BCUT2D eigenvalue weighted by Gasteiger charge is 2.36. The first-order valence-corrected chi connectivity index (χ1v) is 7.04. The van der Waals surface area contributed by atoms with Gasteiger partial charge in [-0.2, -0.15) is 0 Å². The number of para-hydroxylation sites is 1. The molecule has 0 unspecified atom stereocenters. The third-order valence-corrected chi connectivity index (χ3v) is 4.09. The van der Waals surface area contributed by atoms with Crippen LogP contribution in [0.25, 0.3) is 16.5 Å². The van der Waals surface area contributed by atoms with E-state index in [2.05, 4.69) is 4.98 Å². The van der Waals surface area contributed by atoms with Crippen LogP contribution >= 0.6 is 11.8 Å². The van der Waals surface area contributed by atoms with E-state index in [0.717, 1.165) is 16.5 Å². The van der Waals surface area contributed by atoms with Gasteiger partial charge in [0, 0.05) is 29.7 Å². The summed E-state index contributed by atoms with van der Waals surface area (Å²) in [5.41, 5.74) is 2.25. The molecule has 0 bridgehead atoms. The van der Waals surface area contributed by atoms with Crippen molar-refractivity contribution in [1.29, 1.82) is 0 Å². The first-order chi connectivity index (χ1) is 9.15. The fourth-order valence-corrected chi connectivity index (χ4v) is 3.03. The molecule has 1 aliphatic rings. The summed E-state index contributed by atoms with van der Waals surface area (Å²) in [6.07, 6.45) is 3.61. The quantitative estimate of drug-likeness (QED) is 0.853. The van der Waals surface area contributed by atoms with Crippen molar-refractivity contribution in [3.8, 4) is 0 Å². The second-order valence-electron chi connectivity index (χ2n) is 4.33. The Kier molecular flexibility index (Phi) is 2.71. The molecule has 96 valence electrons. The number of hydrogen-bond donors (Lipinski definition) is 1. The molecule has 1 aliphatic heterocycles. The maximum atomic E-state index is 12.2. The molecule has 5 heteroatoms. The fraction of sp³-hybridized carbons (Fsp3) is 0.143. The molecule has 2 heterocycles. The standard InChI is InChI=1S/C14H12N2O2S/c1-16-13(17)11(12(19-2)14(16)18)9-7-15-10-6-4-3-5-8(9)10/h3-7,15H,1-2H3. The van der Waals surface area contributed by atoms with E-state index in [1.54, 1.807) is 6.20 Å². The number of imide groups is 1. The van der Waals surface area contributed by atoms with Gasteiger partial charge in [-0.05, 0) is 12.3 Å². The van der Waals surface area contributed by atoms with Crippen LogP contribution in [0.1, 0.15) is 5.56 Å². The van der Waals surface area contributed by atoms with Crippen molar-refractivity contribution >= 4 is 40.1 Å². The SMILES string of the molecule is CSC1=C(c2c[nH]c3ccccc23)C(=O)N(C)C1=O. The summed E-state index contributed by atoms with van der Waals surface area (Å²) in [6, 6.07) is 7.75. The molecule has 3 rings (SSSR count). The van der Waals surface area contributed by atoms with Crippen LogP contribution in [0, 0.1) is 0 Å². The molecule has 0 spiro atoms. The van der Waals surface area contributed by atoms with Gasteiger partial charge in [0.05, 0.1) is 10.5 Å². The second kappa shape index (κ2) is 4.28. The van der Waals surface area contributed by atoms with E-state index in [-0.39, 0.29) is 11.8 Å². The number of H-pyrrole nitrogens is 1. The van der Waals surface area contributed by atoms with E-state index in [0.29, 0.717) is 10.5 Å². The van der Waals surface area contributed by atoms with Gasteiger partial charge in [0.15, 0.2) is 0 Å². The highest BCUT2D eigenvalue weighted by atomic mass is 32.2. The monoisotopic (exact) mass is 272 g/mol. The number of carbonyl (C=O) groups excluding carboxylic acids is 2. The van der Waals surface area contributed by atoms with E-state index < -0.39 is 0 Å². The third kappa shape index (κ3) is 1.62. The Hall–Kier alpha value is -2.01. The van der Waals surface area contributed by atoms with Gasteiger partial charge in [-0.3, -0.25) is 14.5 Å². The smallest absolute Gasteiger partial charge is 0.267 e. The molecule has 0 fully saturated rings. The number of amides is 2. The fourth-order valence-electron chi connectivity index (χ4n) is 2.32. The maximum Gasteiger partial charge on any atom is 0.267 e. The van der Waals surface area contributed by atoms with Crippen LogP contribution in [0.3, 0.4) is 0 Å². The van der Waals surface area contributed by atoms with Crippen molar-refractivity contribution in [3.63, 3.8) is 0 Å². The first-order valence-electron chi connectivity index (χ1n) is 5.82. The Morgan fingerprint density at radius 3 is 2.63 bits per heavy atom. The van der Waals surface area contributed by atoms with Gasteiger partial charge in [-0.15, -0.1) is 11.8 Å². The number of likely N-dealkylation sites (N-methyl/N-ethyl adjacent to an activating group) is 1. The number of hydrogen-bond acceptors (Lipinski definition) is 3. The number of carbonyl (C=O) groups is 2. The van der Waals surface area contributed by atoms with Crippen LogP contribution in [-0.2, 0) is 9.59 Å². The van der Waals surface area contributed by atoms with E-state index >= 15 is 0 Å². The largest absolute Gasteiger partial charge is 0.361 e. The number of benzene rings is 1. The Bertz CT molecular complexity index is 730. The van der Waals surface area contributed by atoms with Crippen molar-refractivity contribution < 1.29 is 9.59 Å². The zero-order valence-corrected chi connectivity index (χ0v) is 11.4. The van der Waals surface area contributed by atoms with Gasteiger partial charge < -0.3 is 4.98 Å². The molecular formula is C14H12N2O2S. The van der Waals surface area contributed by atoms with Gasteiger partial charge in [-0.25, -0.2) is 0 Å². The lowest BCUT2D eigenvalue weighted by Gasteiger charge is -2.05. The Morgan fingerprint density at radius 2 is 1.89 bits per heavy atom. The van der Waals surface area contributed by atoms with E-state index in [9.17, 15) is 9.59 Å². The molecule has 4 nitrogen and oxygen atoms in total. The number of aromatic amines is 1. The lowest BCUT2D eigenvalue weighted by atomic mass is 10.1. The first kappa shape index (κ1) is 12.0. The molecule has 0 saturated heterocycles. The van der Waals surface area contributed by atoms with E-state index in [1.807, 2.05) is 30.5 Å². The van der Waals surface area contributed by atoms with Crippen molar-refractivity contribution in [3.05, 3.63) is 40.9 Å².